The summed E-state index contributed by atoms with van der Waals surface area (Å²) in [5.74, 6) is -0.520. The number of anilines is 1. The molecule has 7 nitrogen and oxygen atoms in total. The highest BCUT2D eigenvalue weighted by atomic mass is 35.5. The molecule has 0 aromatic heterocycles. The number of hydrogen-bond acceptors (Lipinski definition) is 4. The number of hydrogen-bond donors (Lipinski definition) is 1. The topological polar surface area (TPSA) is 86.8 Å². The fourth-order valence-electron chi connectivity index (χ4n) is 4.11. The van der Waals surface area contributed by atoms with Gasteiger partial charge in [0.2, 0.25) is 21.8 Å². The number of rotatable bonds is 12. The largest absolute Gasteiger partial charge is 0.350 e. The van der Waals surface area contributed by atoms with Crippen LogP contribution < -0.4 is 9.62 Å². The van der Waals surface area contributed by atoms with Crippen LogP contribution in [-0.2, 0) is 32.6 Å². The zero-order valence-electron chi connectivity index (χ0n) is 23.1. The number of carbonyl (C=O) groups is 2. The van der Waals surface area contributed by atoms with Crippen molar-refractivity contribution >= 4 is 50.7 Å². The number of amides is 2. The van der Waals surface area contributed by atoms with Gasteiger partial charge in [-0.25, -0.2) is 8.42 Å². The molecule has 210 valence electrons. The summed E-state index contributed by atoms with van der Waals surface area (Å²) >= 11 is 12.4. The molecule has 0 unspecified atom stereocenters. The maximum atomic E-state index is 13.6. The monoisotopic (exact) mass is 583 g/mol. The van der Waals surface area contributed by atoms with Crippen LogP contribution in [-0.4, -0.2) is 49.5 Å². The van der Waals surface area contributed by atoms with Gasteiger partial charge in [-0.3, -0.25) is 13.9 Å². The maximum absolute atomic E-state index is 13.6. The third kappa shape index (κ3) is 9.47. The van der Waals surface area contributed by atoms with Gasteiger partial charge in [0.15, 0.2) is 0 Å². The molecule has 0 fully saturated rings. The van der Waals surface area contributed by atoms with Crippen LogP contribution in [0.25, 0.3) is 0 Å². The summed E-state index contributed by atoms with van der Waals surface area (Å²) in [6, 6.07) is 11.7. The molecule has 0 bridgehead atoms. The lowest BCUT2D eigenvalue weighted by atomic mass is 10.0. The molecule has 0 saturated carbocycles. The molecule has 0 aliphatic carbocycles. The van der Waals surface area contributed by atoms with Gasteiger partial charge < -0.3 is 10.2 Å². The van der Waals surface area contributed by atoms with Crippen LogP contribution in [0.15, 0.2) is 42.5 Å². The minimum Gasteiger partial charge on any atom is -0.350 e. The van der Waals surface area contributed by atoms with Gasteiger partial charge in [0.1, 0.15) is 6.04 Å². The van der Waals surface area contributed by atoms with Crippen LogP contribution >= 0.6 is 23.2 Å². The van der Waals surface area contributed by atoms with E-state index in [0.717, 1.165) is 18.2 Å². The number of sulfonamides is 1. The minimum atomic E-state index is -3.55. The molecule has 10 heteroatoms. The Morgan fingerprint density at radius 3 is 2.16 bits per heavy atom. The molecule has 0 saturated heterocycles. The smallest absolute Gasteiger partial charge is 0.243 e. The van der Waals surface area contributed by atoms with Crippen LogP contribution in [0.5, 0.6) is 0 Å². The van der Waals surface area contributed by atoms with Crippen LogP contribution in [0.3, 0.4) is 0 Å². The minimum absolute atomic E-state index is 0.0591. The van der Waals surface area contributed by atoms with Gasteiger partial charge in [0.05, 0.1) is 11.9 Å². The average Bonchev–Trinajstić information content (AvgIpc) is 2.81. The Balaban J connectivity index is 2.27. The fraction of sp³-hybridized carbons (Fsp3) is 0.500. The van der Waals surface area contributed by atoms with Crippen molar-refractivity contribution in [3.05, 3.63) is 63.6 Å². The van der Waals surface area contributed by atoms with E-state index in [1.54, 1.807) is 30.3 Å². The van der Waals surface area contributed by atoms with Gasteiger partial charge in [-0.1, -0.05) is 55.2 Å². The number of aryl methyl sites for hydroxylation is 1. The van der Waals surface area contributed by atoms with E-state index in [4.69, 9.17) is 23.2 Å². The Bertz CT molecular complexity index is 1210. The zero-order valence-corrected chi connectivity index (χ0v) is 25.4. The van der Waals surface area contributed by atoms with Gasteiger partial charge in [-0.05, 0) is 75.4 Å². The molecule has 0 aliphatic rings. The molecule has 1 N–H and O–H groups in total. The summed E-state index contributed by atoms with van der Waals surface area (Å²) in [5.41, 5.74) is 1.85. The zero-order chi connectivity index (χ0) is 28.7. The normalized spacial score (nSPS) is 12.6. The predicted octanol–water partition coefficient (Wildman–Crippen LogP) is 5.82. The second kappa shape index (κ2) is 13.7. The van der Waals surface area contributed by atoms with Crippen LogP contribution in [0.4, 0.5) is 5.69 Å². The Morgan fingerprint density at radius 2 is 1.66 bits per heavy atom. The molecule has 0 heterocycles. The van der Waals surface area contributed by atoms with Crippen LogP contribution in [0.1, 0.15) is 65.0 Å². The van der Waals surface area contributed by atoms with Gasteiger partial charge in [-0.15, -0.1) is 0 Å². The molecule has 1 atom stereocenters. The van der Waals surface area contributed by atoms with Crippen molar-refractivity contribution in [2.24, 2.45) is 0 Å². The molecular formula is C28H39Cl2N3O4S. The number of halogens is 2. The first-order chi connectivity index (χ1) is 17.7. The number of nitrogens with zero attached hydrogens (tertiary/aromatic N) is 2. The van der Waals surface area contributed by atoms with E-state index in [0.29, 0.717) is 27.7 Å². The van der Waals surface area contributed by atoms with E-state index in [1.165, 1.54) is 9.21 Å². The summed E-state index contributed by atoms with van der Waals surface area (Å²) in [4.78, 5) is 28.3. The standard InChI is InChI=1S/C28H39Cl2N3O4S/c1-7-20-11-15-23(16-12-20)33(38(6,36)37)17-9-10-26(34)32(19-21-13-14-22(29)18-24(21)30)25(8-2)27(35)31-28(3,4)5/h11-16,18,25H,7-10,17,19H2,1-6H3,(H,31,35)/t25-/m0/s1. The van der Waals surface area contributed by atoms with Crippen molar-refractivity contribution in [3.8, 4) is 0 Å². The van der Waals surface area contributed by atoms with Gasteiger partial charge in [-0.2, -0.15) is 0 Å². The van der Waals surface area contributed by atoms with E-state index in [1.807, 2.05) is 46.8 Å². The van der Waals surface area contributed by atoms with E-state index < -0.39 is 21.6 Å². The number of benzene rings is 2. The molecule has 0 aliphatic heterocycles. The van der Waals surface area contributed by atoms with E-state index in [9.17, 15) is 18.0 Å². The van der Waals surface area contributed by atoms with Crippen molar-refractivity contribution in [1.29, 1.82) is 0 Å². The van der Waals surface area contributed by atoms with Crippen molar-refractivity contribution in [1.82, 2.24) is 10.2 Å². The number of nitrogens with one attached hydrogen (secondary N) is 1. The van der Waals surface area contributed by atoms with E-state index >= 15 is 0 Å². The van der Waals surface area contributed by atoms with Crippen molar-refractivity contribution in [3.63, 3.8) is 0 Å². The Labute approximate surface area is 237 Å². The lowest BCUT2D eigenvalue weighted by Crippen LogP contribution is -2.53. The Hall–Kier alpha value is -2.29. The second-order valence-corrected chi connectivity index (χ2v) is 13.1. The fourth-order valence-corrected chi connectivity index (χ4v) is 5.54. The molecular weight excluding hydrogens is 545 g/mol. The molecule has 0 spiro atoms. The lowest BCUT2D eigenvalue weighted by molar-refractivity contribution is -0.142. The Kier molecular flexibility index (Phi) is 11.5. The summed E-state index contributed by atoms with van der Waals surface area (Å²) in [6.45, 7) is 9.78. The maximum Gasteiger partial charge on any atom is 0.243 e. The number of carbonyl (C=O) groups excluding carboxylic acids is 2. The lowest BCUT2D eigenvalue weighted by Gasteiger charge is -2.33. The summed E-state index contributed by atoms with van der Waals surface area (Å²) < 4.78 is 26.4. The highest BCUT2D eigenvalue weighted by Gasteiger charge is 2.31. The first-order valence-corrected chi connectivity index (χ1v) is 15.4. The van der Waals surface area contributed by atoms with Crippen molar-refractivity contribution in [2.75, 3.05) is 17.1 Å². The van der Waals surface area contributed by atoms with Crippen molar-refractivity contribution in [2.45, 2.75) is 78.4 Å². The summed E-state index contributed by atoms with van der Waals surface area (Å²) in [5, 5.41) is 3.84. The molecule has 2 rings (SSSR count). The van der Waals surface area contributed by atoms with Crippen molar-refractivity contribution < 1.29 is 18.0 Å². The molecule has 2 aromatic carbocycles. The predicted molar refractivity (Wildman–Crippen MR) is 156 cm³/mol. The average molecular weight is 585 g/mol. The molecule has 2 amide bonds. The van der Waals surface area contributed by atoms with Gasteiger partial charge >= 0.3 is 0 Å². The molecule has 0 radical (unpaired) electrons. The highest BCUT2D eigenvalue weighted by Crippen LogP contribution is 2.25. The summed E-state index contributed by atoms with van der Waals surface area (Å²) in [7, 11) is -3.55. The SMILES string of the molecule is CCc1ccc(N(CCCC(=O)N(Cc2ccc(Cl)cc2Cl)[C@@H](CC)C(=O)NC(C)(C)C)S(C)(=O)=O)cc1. The Morgan fingerprint density at radius 1 is 1.03 bits per heavy atom. The van der Waals surface area contributed by atoms with Crippen LogP contribution in [0, 0.1) is 0 Å². The van der Waals surface area contributed by atoms with Crippen LogP contribution in [0.2, 0.25) is 10.0 Å². The van der Waals surface area contributed by atoms with Gasteiger partial charge in [0.25, 0.3) is 0 Å². The third-order valence-electron chi connectivity index (χ3n) is 6.02. The van der Waals surface area contributed by atoms with Gasteiger partial charge in [0, 0.05) is 35.1 Å². The first-order valence-electron chi connectivity index (χ1n) is 12.8. The summed E-state index contributed by atoms with van der Waals surface area (Å²) in [6.07, 6.45) is 2.75. The third-order valence-corrected chi connectivity index (χ3v) is 7.81. The quantitative estimate of drug-likeness (QED) is 0.341. The van der Waals surface area contributed by atoms with E-state index in [-0.39, 0.29) is 37.7 Å². The molecule has 2 aromatic rings. The van der Waals surface area contributed by atoms with E-state index in [2.05, 4.69) is 5.32 Å². The second-order valence-electron chi connectivity index (χ2n) is 10.4. The first kappa shape index (κ1) is 31.9. The highest BCUT2D eigenvalue weighted by molar-refractivity contribution is 7.92. The molecule has 38 heavy (non-hydrogen) atoms.